The number of thiophene rings is 1. The lowest BCUT2D eigenvalue weighted by molar-refractivity contribution is 0.252. The molecule has 0 unspecified atom stereocenters. The van der Waals surface area contributed by atoms with Crippen molar-refractivity contribution >= 4 is 34.7 Å². The van der Waals surface area contributed by atoms with Crippen molar-refractivity contribution in [2.24, 2.45) is 0 Å². The molecule has 0 aliphatic heterocycles. The van der Waals surface area contributed by atoms with E-state index in [0.29, 0.717) is 23.7 Å². The first-order valence-corrected chi connectivity index (χ1v) is 8.34. The van der Waals surface area contributed by atoms with Crippen molar-refractivity contribution in [3.8, 4) is 10.6 Å². The van der Waals surface area contributed by atoms with Gasteiger partial charge < -0.3 is 15.6 Å². The molecule has 2 aromatic heterocycles. The number of aromatic nitrogens is 2. The maximum Gasteiger partial charge on any atom is 0.319 e. The van der Waals surface area contributed by atoms with E-state index in [9.17, 15) is 4.79 Å². The quantitative estimate of drug-likeness (QED) is 0.649. The molecule has 2 amide bonds. The van der Waals surface area contributed by atoms with E-state index in [1.165, 1.54) is 0 Å². The van der Waals surface area contributed by atoms with Crippen LogP contribution in [0.3, 0.4) is 0 Å². The molecule has 0 atom stereocenters. The number of aromatic amines is 1. The Morgan fingerprint density at radius 1 is 1.26 bits per heavy atom. The minimum atomic E-state index is -0.246. The van der Waals surface area contributed by atoms with E-state index in [0.717, 1.165) is 16.3 Å². The second-order valence-electron chi connectivity index (χ2n) is 4.84. The van der Waals surface area contributed by atoms with Crippen LogP contribution in [0.15, 0.2) is 48.1 Å². The molecule has 118 valence electrons. The Morgan fingerprint density at radius 2 is 2.09 bits per heavy atom. The zero-order valence-electron chi connectivity index (χ0n) is 12.2. The molecule has 0 spiro atoms. The Labute approximate surface area is 142 Å². The summed E-state index contributed by atoms with van der Waals surface area (Å²) in [5.41, 5.74) is 2.66. The maximum atomic E-state index is 11.9. The van der Waals surface area contributed by atoms with Crippen molar-refractivity contribution in [1.82, 2.24) is 15.3 Å². The number of imidazole rings is 1. The first-order chi connectivity index (χ1) is 11.2. The maximum absolute atomic E-state index is 11.9. The van der Waals surface area contributed by atoms with Gasteiger partial charge in [-0.15, -0.1) is 11.3 Å². The molecule has 0 saturated heterocycles. The molecule has 0 aliphatic rings. The van der Waals surface area contributed by atoms with Gasteiger partial charge in [0.25, 0.3) is 0 Å². The molecule has 1 aromatic carbocycles. The Morgan fingerprint density at radius 3 is 2.83 bits per heavy atom. The second kappa shape index (κ2) is 7.30. The molecule has 0 aliphatic carbocycles. The molecule has 0 saturated carbocycles. The van der Waals surface area contributed by atoms with E-state index >= 15 is 0 Å². The average Bonchev–Trinajstić information content (AvgIpc) is 3.20. The molecule has 3 N–H and O–H groups in total. The summed E-state index contributed by atoms with van der Waals surface area (Å²) < 4.78 is 0. The van der Waals surface area contributed by atoms with Gasteiger partial charge in [0.1, 0.15) is 5.69 Å². The van der Waals surface area contributed by atoms with Crippen molar-refractivity contribution in [3.63, 3.8) is 0 Å². The van der Waals surface area contributed by atoms with E-state index in [1.807, 2.05) is 17.5 Å². The Bertz CT molecular complexity index is 768. The highest BCUT2D eigenvalue weighted by Gasteiger charge is 2.09. The molecule has 2 heterocycles. The number of carbonyl (C=O) groups is 1. The van der Waals surface area contributed by atoms with E-state index in [1.54, 1.807) is 41.9 Å². The fourth-order valence-corrected chi connectivity index (χ4v) is 3.02. The van der Waals surface area contributed by atoms with Crippen molar-refractivity contribution in [1.29, 1.82) is 0 Å². The van der Waals surface area contributed by atoms with Crippen LogP contribution in [0.5, 0.6) is 0 Å². The summed E-state index contributed by atoms with van der Waals surface area (Å²) in [5.74, 6) is 0. The van der Waals surface area contributed by atoms with Gasteiger partial charge in [0.15, 0.2) is 0 Å². The Hall–Kier alpha value is -2.31. The lowest BCUT2D eigenvalue weighted by atomic mass is 10.2. The van der Waals surface area contributed by atoms with Gasteiger partial charge in [0.05, 0.1) is 11.2 Å². The minimum Gasteiger partial charge on any atom is -0.348 e. The summed E-state index contributed by atoms with van der Waals surface area (Å²) in [6.45, 7) is 0.514. The lowest BCUT2D eigenvalue weighted by Crippen LogP contribution is -2.30. The van der Waals surface area contributed by atoms with E-state index in [2.05, 4.69) is 20.6 Å². The standard InChI is InChI=1S/C16H15ClN4OS/c17-11-3-5-12(6-4-11)21-16(22)18-8-7-13-15(20-10-19-13)14-2-1-9-23-14/h1-6,9-10H,7-8H2,(H,19,20)(H2,18,21,22). The van der Waals surface area contributed by atoms with Gasteiger partial charge in [-0.1, -0.05) is 17.7 Å². The van der Waals surface area contributed by atoms with Gasteiger partial charge in [-0.2, -0.15) is 0 Å². The van der Waals surface area contributed by atoms with Crippen LogP contribution < -0.4 is 10.6 Å². The van der Waals surface area contributed by atoms with Crippen LogP contribution in [-0.4, -0.2) is 22.5 Å². The number of hydrogen-bond donors (Lipinski definition) is 3. The van der Waals surface area contributed by atoms with Crippen molar-refractivity contribution in [2.75, 3.05) is 11.9 Å². The number of carbonyl (C=O) groups excluding carboxylic acids is 1. The van der Waals surface area contributed by atoms with Gasteiger partial charge in [-0.3, -0.25) is 0 Å². The van der Waals surface area contributed by atoms with Gasteiger partial charge in [0.2, 0.25) is 0 Å². The normalized spacial score (nSPS) is 10.5. The van der Waals surface area contributed by atoms with Crippen molar-refractivity contribution < 1.29 is 4.79 Å². The van der Waals surface area contributed by atoms with Gasteiger partial charge in [-0.05, 0) is 35.7 Å². The third kappa shape index (κ3) is 4.12. The summed E-state index contributed by atoms with van der Waals surface area (Å²) in [6, 6.07) is 10.8. The van der Waals surface area contributed by atoms with Crippen molar-refractivity contribution in [2.45, 2.75) is 6.42 Å². The predicted molar refractivity (Wildman–Crippen MR) is 94.1 cm³/mol. The summed E-state index contributed by atoms with van der Waals surface area (Å²) >= 11 is 7.45. The highest BCUT2D eigenvalue weighted by molar-refractivity contribution is 7.13. The van der Waals surface area contributed by atoms with Gasteiger partial charge >= 0.3 is 6.03 Å². The number of nitrogens with zero attached hydrogens (tertiary/aromatic N) is 1. The number of hydrogen-bond acceptors (Lipinski definition) is 3. The van der Waals surface area contributed by atoms with Crippen LogP contribution in [0.4, 0.5) is 10.5 Å². The highest BCUT2D eigenvalue weighted by atomic mass is 35.5. The van der Waals surface area contributed by atoms with Crippen LogP contribution in [0.1, 0.15) is 5.69 Å². The molecule has 3 rings (SSSR count). The third-order valence-corrected chi connectivity index (χ3v) is 4.36. The van der Waals surface area contributed by atoms with Crippen LogP contribution in [0.25, 0.3) is 10.6 Å². The molecule has 7 heteroatoms. The monoisotopic (exact) mass is 346 g/mol. The minimum absolute atomic E-state index is 0.246. The van der Waals surface area contributed by atoms with Crippen LogP contribution in [0.2, 0.25) is 5.02 Å². The number of halogens is 1. The number of benzene rings is 1. The molecule has 3 aromatic rings. The fraction of sp³-hybridized carbons (Fsp3) is 0.125. The van der Waals surface area contributed by atoms with E-state index in [4.69, 9.17) is 11.6 Å². The van der Waals surface area contributed by atoms with Gasteiger partial charge in [0, 0.05) is 29.4 Å². The van der Waals surface area contributed by atoms with Crippen molar-refractivity contribution in [3.05, 3.63) is 58.8 Å². The Balaban J connectivity index is 1.51. The smallest absolute Gasteiger partial charge is 0.319 e. The summed E-state index contributed by atoms with van der Waals surface area (Å²) in [6.07, 6.45) is 2.36. The molecule has 23 heavy (non-hydrogen) atoms. The zero-order chi connectivity index (χ0) is 16.1. The number of urea groups is 1. The number of amides is 2. The molecule has 0 radical (unpaired) electrons. The Kier molecular flexibility index (Phi) is 4.95. The number of rotatable bonds is 5. The van der Waals surface area contributed by atoms with E-state index < -0.39 is 0 Å². The number of anilines is 1. The first kappa shape index (κ1) is 15.6. The summed E-state index contributed by atoms with van der Waals surface area (Å²) in [5, 5.41) is 8.24. The topological polar surface area (TPSA) is 69.8 Å². The lowest BCUT2D eigenvalue weighted by Gasteiger charge is -2.07. The SMILES string of the molecule is O=C(NCCc1[nH]cnc1-c1cccs1)Nc1ccc(Cl)cc1. The zero-order valence-corrected chi connectivity index (χ0v) is 13.7. The predicted octanol–water partition coefficient (Wildman–Crippen LogP) is 4.16. The number of H-pyrrole nitrogens is 1. The van der Waals surface area contributed by atoms with Gasteiger partial charge in [-0.25, -0.2) is 9.78 Å². The second-order valence-corrected chi connectivity index (χ2v) is 6.23. The highest BCUT2D eigenvalue weighted by Crippen LogP contribution is 2.25. The number of nitrogens with one attached hydrogen (secondary N) is 3. The molecular formula is C16H15ClN4OS. The molecule has 0 bridgehead atoms. The summed E-state index contributed by atoms with van der Waals surface area (Å²) in [4.78, 5) is 20.5. The molecule has 0 fully saturated rings. The summed E-state index contributed by atoms with van der Waals surface area (Å²) in [7, 11) is 0. The molecular weight excluding hydrogens is 332 g/mol. The molecule has 5 nitrogen and oxygen atoms in total. The largest absolute Gasteiger partial charge is 0.348 e. The van der Waals surface area contributed by atoms with Crippen LogP contribution >= 0.6 is 22.9 Å². The van der Waals surface area contributed by atoms with E-state index in [-0.39, 0.29) is 6.03 Å². The first-order valence-electron chi connectivity index (χ1n) is 7.09. The average molecular weight is 347 g/mol. The third-order valence-electron chi connectivity index (χ3n) is 3.24. The van der Waals surface area contributed by atoms with Crippen LogP contribution in [-0.2, 0) is 6.42 Å². The van der Waals surface area contributed by atoms with Crippen LogP contribution in [0, 0.1) is 0 Å². The fourth-order valence-electron chi connectivity index (χ4n) is 2.15.